The molecule has 1 atom stereocenters. The van der Waals surface area contributed by atoms with Crippen molar-refractivity contribution in [2.75, 3.05) is 7.11 Å². The summed E-state index contributed by atoms with van der Waals surface area (Å²) in [4.78, 5) is 10.7. The van der Waals surface area contributed by atoms with E-state index in [1.54, 1.807) is 0 Å². The second kappa shape index (κ2) is 4.88. The van der Waals surface area contributed by atoms with E-state index in [9.17, 15) is 13.6 Å². The van der Waals surface area contributed by atoms with Gasteiger partial charge in [0.1, 0.15) is 0 Å². The third-order valence-electron chi connectivity index (χ3n) is 2.94. The molecule has 1 aliphatic carbocycles. The van der Waals surface area contributed by atoms with Crippen LogP contribution in [0.2, 0.25) is 0 Å². The smallest absolute Gasteiger partial charge is 0.332 e. The number of carboxylic acids is 1. The summed E-state index contributed by atoms with van der Waals surface area (Å²) in [5.41, 5.74) is 0. The van der Waals surface area contributed by atoms with Crippen molar-refractivity contribution < 1.29 is 23.4 Å². The summed E-state index contributed by atoms with van der Waals surface area (Å²) in [6.45, 7) is 0. The summed E-state index contributed by atoms with van der Waals surface area (Å²) in [5.74, 6) is -3.53. The first kappa shape index (κ1) is 12.4. The lowest BCUT2D eigenvalue weighted by Crippen LogP contribution is -2.30. The molecule has 0 radical (unpaired) electrons. The number of halogens is 2. The van der Waals surface area contributed by atoms with E-state index in [-0.39, 0.29) is 18.8 Å². The molecule has 0 aromatic rings. The molecule has 5 heteroatoms. The molecule has 1 rings (SSSR count). The Morgan fingerprint density at radius 3 is 2.47 bits per heavy atom. The molecule has 1 unspecified atom stereocenters. The van der Waals surface area contributed by atoms with Crippen molar-refractivity contribution in [3.8, 4) is 0 Å². The van der Waals surface area contributed by atoms with Crippen LogP contribution in [-0.2, 0) is 9.53 Å². The van der Waals surface area contributed by atoms with Crippen LogP contribution in [0, 0.1) is 5.92 Å². The third-order valence-corrected chi connectivity index (χ3v) is 2.94. The molecule has 1 saturated carbocycles. The fraction of sp³-hybridized carbons (Fsp3) is 0.900. The van der Waals surface area contributed by atoms with Gasteiger partial charge in [0.2, 0.25) is 5.92 Å². The Labute approximate surface area is 87.4 Å². The van der Waals surface area contributed by atoms with Gasteiger partial charge in [0.15, 0.2) is 6.10 Å². The van der Waals surface area contributed by atoms with Crippen LogP contribution in [0.1, 0.15) is 32.1 Å². The maximum atomic E-state index is 12.8. The lowest BCUT2D eigenvalue weighted by Gasteiger charge is -2.29. The molecule has 0 aromatic heterocycles. The molecular weight excluding hydrogens is 206 g/mol. The van der Waals surface area contributed by atoms with Gasteiger partial charge in [-0.2, -0.15) is 0 Å². The molecule has 0 amide bonds. The standard InChI is InChI=1S/C10H16F2O3/c1-15-8(9(13)14)6-7-2-4-10(11,12)5-3-7/h7-8H,2-6H2,1H3,(H,13,14). The van der Waals surface area contributed by atoms with Crippen molar-refractivity contribution >= 4 is 5.97 Å². The van der Waals surface area contributed by atoms with E-state index in [0.29, 0.717) is 19.3 Å². The fourth-order valence-electron chi connectivity index (χ4n) is 1.94. The van der Waals surface area contributed by atoms with Crippen LogP contribution in [0.15, 0.2) is 0 Å². The molecule has 0 bridgehead atoms. The minimum Gasteiger partial charge on any atom is -0.479 e. The van der Waals surface area contributed by atoms with Gasteiger partial charge in [0, 0.05) is 20.0 Å². The van der Waals surface area contributed by atoms with Crippen LogP contribution >= 0.6 is 0 Å². The molecule has 0 spiro atoms. The highest BCUT2D eigenvalue weighted by Gasteiger charge is 2.36. The molecular formula is C10H16F2O3. The molecule has 0 aromatic carbocycles. The van der Waals surface area contributed by atoms with Gasteiger partial charge in [-0.3, -0.25) is 0 Å². The predicted octanol–water partition coefficient (Wildman–Crippen LogP) is 2.30. The van der Waals surface area contributed by atoms with E-state index < -0.39 is 18.0 Å². The Kier molecular flexibility index (Phi) is 4.02. The summed E-state index contributed by atoms with van der Waals surface area (Å²) in [7, 11) is 1.33. The Hall–Kier alpha value is -0.710. The third kappa shape index (κ3) is 3.74. The van der Waals surface area contributed by atoms with Gasteiger partial charge >= 0.3 is 5.97 Å². The highest BCUT2D eigenvalue weighted by molar-refractivity contribution is 5.72. The fourth-order valence-corrected chi connectivity index (χ4v) is 1.94. The van der Waals surface area contributed by atoms with E-state index in [1.165, 1.54) is 7.11 Å². The van der Waals surface area contributed by atoms with Crippen LogP contribution in [-0.4, -0.2) is 30.2 Å². The number of hydrogen-bond donors (Lipinski definition) is 1. The molecule has 0 aliphatic heterocycles. The SMILES string of the molecule is COC(CC1CCC(F)(F)CC1)C(=O)O. The largest absolute Gasteiger partial charge is 0.479 e. The van der Waals surface area contributed by atoms with Gasteiger partial charge in [-0.15, -0.1) is 0 Å². The first-order valence-electron chi connectivity index (χ1n) is 5.08. The molecule has 0 saturated heterocycles. The first-order chi connectivity index (χ1) is 6.94. The quantitative estimate of drug-likeness (QED) is 0.793. The molecule has 1 aliphatic rings. The number of aliphatic carboxylic acids is 1. The lowest BCUT2D eigenvalue weighted by molar-refractivity contribution is -0.150. The number of carbonyl (C=O) groups is 1. The van der Waals surface area contributed by atoms with E-state index >= 15 is 0 Å². The second-order valence-corrected chi connectivity index (χ2v) is 4.10. The molecule has 15 heavy (non-hydrogen) atoms. The number of methoxy groups -OCH3 is 1. The number of ether oxygens (including phenoxy) is 1. The van der Waals surface area contributed by atoms with Crippen LogP contribution in [0.25, 0.3) is 0 Å². The van der Waals surface area contributed by atoms with Crippen molar-refractivity contribution in [1.29, 1.82) is 0 Å². The Bertz CT molecular complexity index is 221. The predicted molar refractivity (Wildman–Crippen MR) is 50.0 cm³/mol. The maximum absolute atomic E-state index is 12.8. The van der Waals surface area contributed by atoms with Crippen molar-refractivity contribution in [1.82, 2.24) is 0 Å². The summed E-state index contributed by atoms with van der Waals surface area (Å²) in [6.07, 6.45) is -0.00869. The zero-order chi connectivity index (χ0) is 11.5. The lowest BCUT2D eigenvalue weighted by atomic mass is 9.83. The van der Waals surface area contributed by atoms with Crippen LogP contribution in [0.4, 0.5) is 8.78 Å². The average molecular weight is 222 g/mol. The van der Waals surface area contributed by atoms with Crippen LogP contribution < -0.4 is 0 Å². The zero-order valence-electron chi connectivity index (χ0n) is 8.71. The van der Waals surface area contributed by atoms with Gasteiger partial charge in [-0.25, -0.2) is 13.6 Å². The minimum absolute atomic E-state index is 0.0469. The van der Waals surface area contributed by atoms with Gasteiger partial charge in [-0.05, 0) is 25.2 Å². The van der Waals surface area contributed by atoms with Crippen molar-refractivity contribution in [3.63, 3.8) is 0 Å². The number of rotatable bonds is 4. The van der Waals surface area contributed by atoms with Crippen molar-refractivity contribution in [2.45, 2.75) is 44.1 Å². The van der Waals surface area contributed by atoms with E-state index in [2.05, 4.69) is 0 Å². The summed E-state index contributed by atoms with van der Waals surface area (Å²) in [6, 6.07) is 0. The van der Waals surface area contributed by atoms with Gasteiger partial charge in [-0.1, -0.05) is 0 Å². The van der Waals surface area contributed by atoms with Crippen LogP contribution in [0.3, 0.4) is 0 Å². The topological polar surface area (TPSA) is 46.5 Å². The van der Waals surface area contributed by atoms with E-state index in [1.807, 2.05) is 0 Å². The molecule has 88 valence electrons. The molecule has 3 nitrogen and oxygen atoms in total. The van der Waals surface area contributed by atoms with Gasteiger partial charge in [0.25, 0.3) is 0 Å². The minimum atomic E-state index is -2.55. The second-order valence-electron chi connectivity index (χ2n) is 4.10. The molecule has 1 fully saturated rings. The molecule has 0 heterocycles. The summed E-state index contributed by atoms with van der Waals surface area (Å²) < 4.78 is 30.4. The van der Waals surface area contributed by atoms with E-state index in [4.69, 9.17) is 9.84 Å². The normalized spacial score (nSPS) is 23.7. The first-order valence-corrected chi connectivity index (χ1v) is 5.08. The van der Waals surface area contributed by atoms with Gasteiger partial charge < -0.3 is 9.84 Å². The Morgan fingerprint density at radius 1 is 1.53 bits per heavy atom. The Morgan fingerprint density at radius 2 is 2.07 bits per heavy atom. The van der Waals surface area contributed by atoms with Gasteiger partial charge in [0.05, 0.1) is 0 Å². The number of alkyl halides is 2. The van der Waals surface area contributed by atoms with Crippen LogP contribution in [0.5, 0.6) is 0 Å². The summed E-state index contributed by atoms with van der Waals surface area (Å²) >= 11 is 0. The monoisotopic (exact) mass is 222 g/mol. The summed E-state index contributed by atoms with van der Waals surface area (Å²) in [5, 5.41) is 8.73. The molecule has 1 N–H and O–H groups in total. The zero-order valence-corrected chi connectivity index (χ0v) is 8.71. The average Bonchev–Trinajstić information content (AvgIpc) is 2.15. The Balaban J connectivity index is 2.38. The number of carboxylic acid groups (broad SMARTS) is 1. The van der Waals surface area contributed by atoms with Crippen molar-refractivity contribution in [3.05, 3.63) is 0 Å². The highest BCUT2D eigenvalue weighted by Crippen LogP contribution is 2.37. The van der Waals surface area contributed by atoms with Crippen molar-refractivity contribution in [2.24, 2.45) is 5.92 Å². The maximum Gasteiger partial charge on any atom is 0.332 e. The number of hydrogen-bond acceptors (Lipinski definition) is 2. The highest BCUT2D eigenvalue weighted by atomic mass is 19.3. The van der Waals surface area contributed by atoms with E-state index in [0.717, 1.165) is 0 Å².